The monoisotopic (exact) mass is 1110 g/mol. The highest BCUT2D eigenvalue weighted by atomic mass is 28.4. The molecule has 1 unspecified atom stereocenters. The first-order valence-corrected chi connectivity index (χ1v) is 33.7. The van der Waals surface area contributed by atoms with Crippen LogP contribution in [0.3, 0.4) is 0 Å². The summed E-state index contributed by atoms with van der Waals surface area (Å²) in [5, 5.41) is 26.7. The quantitative estimate of drug-likeness (QED) is 0.0840. The van der Waals surface area contributed by atoms with Gasteiger partial charge in [0.15, 0.2) is 8.32 Å². The molecule has 0 saturated carbocycles. The van der Waals surface area contributed by atoms with Gasteiger partial charge in [0.2, 0.25) is 0 Å². The number of aliphatic hydroxyl groups is 2. The molecule has 4 rings (SSSR count). The van der Waals surface area contributed by atoms with Crippen LogP contribution in [-0.4, -0.2) is 129 Å². The van der Waals surface area contributed by atoms with Crippen LogP contribution >= 0.6 is 0 Å². The van der Waals surface area contributed by atoms with Crippen LogP contribution in [0.5, 0.6) is 0 Å². The number of carbonyl (C=O) groups is 1. The Morgan fingerprint density at radius 1 is 0.727 bits per heavy atom. The van der Waals surface area contributed by atoms with E-state index in [1.807, 2.05) is 40.7 Å². The number of benzene rings is 2. The fourth-order valence-electron chi connectivity index (χ4n) is 11.9. The van der Waals surface area contributed by atoms with Gasteiger partial charge in [-0.15, -0.1) is 0 Å². The topological polar surface area (TPSA) is 131 Å². The normalized spacial score (nSPS) is 30.3. The highest BCUT2D eigenvalue weighted by molar-refractivity contribution is 6.99. The lowest BCUT2D eigenvalue weighted by atomic mass is 9.78. The molecular formula is C64H106O11Si2. The zero-order valence-electron chi connectivity index (χ0n) is 51.1. The first-order chi connectivity index (χ1) is 36.2. The maximum absolute atomic E-state index is 14.0. The van der Waals surface area contributed by atoms with E-state index in [0.717, 1.165) is 12.0 Å². The van der Waals surface area contributed by atoms with E-state index in [1.54, 1.807) is 28.4 Å². The highest BCUT2D eigenvalue weighted by Crippen LogP contribution is 2.41. The minimum atomic E-state index is -2.81. The Kier molecular flexibility index (Phi) is 26.3. The van der Waals surface area contributed by atoms with Crippen molar-refractivity contribution in [3.8, 4) is 0 Å². The van der Waals surface area contributed by atoms with E-state index in [4.69, 9.17) is 37.3 Å². The third-order valence-corrected chi connectivity index (χ3v) is 27.5. The van der Waals surface area contributed by atoms with Gasteiger partial charge in [-0.2, -0.15) is 0 Å². The molecule has 2 bridgehead atoms. The molecule has 11 nitrogen and oxygen atoms in total. The van der Waals surface area contributed by atoms with Crippen LogP contribution in [0.1, 0.15) is 135 Å². The van der Waals surface area contributed by atoms with Crippen molar-refractivity contribution in [2.45, 2.75) is 219 Å². The number of fused-ring (bicyclic) bond motifs is 2. The maximum Gasteiger partial charge on any atom is 0.331 e. The second-order valence-corrected chi connectivity index (χ2v) is 34.7. The van der Waals surface area contributed by atoms with Gasteiger partial charge in [-0.3, -0.25) is 0 Å². The van der Waals surface area contributed by atoms with E-state index >= 15 is 0 Å². The first-order valence-electron chi connectivity index (χ1n) is 28.9. The van der Waals surface area contributed by atoms with Crippen LogP contribution < -0.4 is 10.4 Å². The van der Waals surface area contributed by atoms with Crippen LogP contribution in [0.2, 0.25) is 23.2 Å². The Hall–Kier alpha value is -2.80. The van der Waals surface area contributed by atoms with E-state index in [-0.39, 0.29) is 82.4 Å². The van der Waals surface area contributed by atoms with Crippen LogP contribution in [0.4, 0.5) is 0 Å². The SMILES string of the molecule is CO[C@H]([C@H](C)CO[Si](c1ccccc1)(c1ccccc1)C(C)(C)C)[C@@H](C)C(O)CC[C@H](C)[C@@H]1OC(=O)/C=C/C(C)=C/C[C@H](O[Si](C)(C)C(C)(C)C)C[C@@H]2C=CC[C@@H](C[C@H](OC)[C@@H](C)[C@@H](OC)C[C@@H](OC)[C@H](C)[C@H](O)[C@H]1C)O2. The molecular weight excluding hydrogens is 1000 g/mol. The Morgan fingerprint density at radius 2 is 1.29 bits per heavy atom. The van der Waals surface area contributed by atoms with Gasteiger partial charge in [-0.1, -0.05) is 174 Å². The Balaban J connectivity index is 1.62. The summed E-state index contributed by atoms with van der Waals surface area (Å²) in [6.45, 7) is 33.0. The minimum absolute atomic E-state index is 0.0178. The summed E-state index contributed by atoms with van der Waals surface area (Å²) >= 11 is 0. The van der Waals surface area contributed by atoms with Gasteiger partial charge in [0.05, 0.1) is 54.9 Å². The highest BCUT2D eigenvalue weighted by Gasteiger charge is 2.51. The Morgan fingerprint density at radius 3 is 1.82 bits per heavy atom. The average molecular weight is 1110 g/mol. The summed E-state index contributed by atoms with van der Waals surface area (Å²) in [6, 6.07) is 21.3. The number of cyclic esters (lactones) is 1. The summed E-state index contributed by atoms with van der Waals surface area (Å²) in [4.78, 5) is 14.0. The predicted molar refractivity (Wildman–Crippen MR) is 319 cm³/mol. The molecule has 16 atom stereocenters. The van der Waals surface area contributed by atoms with Gasteiger partial charge in [-0.25, -0.2) is 4.79 Å². The average Bonchev–Trinajstić information content (AvgIpc) is 3.39. The van der Waals surface area contributed by atoms with Gasteiger partial charge in [0.25, 0.3) is 8.32 Å². The molecule has 0 amide bonds. The number of hydrogen-bond donors (Lipinski definition) is 2. The van der Waals surface area contributed by atoms with Crippen molar-refractivity contribution >= 4 is 33.0 Å². The van der Waals surface area contributed by atoms with E-state index in [9.17, 15) is 15.0 Å². The lowest BCUT2D eigenvalue weighted by molar-refractivity contribution is -0.155. The molecule has 2 aliphatic rings. The Bertz CT molecular complexity index is 2080. The van der Waals surface area contributed by atoms with E-state index in [1.165, 1.54) is 16.4 Å². The third kappa shape index (κ3) is 18.1. The first kappa shape index (κ1) is 66.7. The fraction of sp³-hybridized carbons (Fsp3) is 0.703. The van der Waals surface area contributed by atoms with E-state index < -0.39 is 46.8 Å². The molecule has 436 valence electrons. The predicted octanol–water partition coefficient (Wildman–Crippen LogP) is 12.0. The molecule has 2 aromatic carbocycles. The molecule has 2 aliphatic heterocycles. The van der Waals surface area contributed by atoms with Crippen molar-refractivity contribution in [2.75, 3.05) is 35.0 Å². The number of esters is 1. The van der Waals surface area contributed by atoms with Gasteiger partial charge < -0.3 is 47.5 Å². The molecule has 77 heavy (non-hydrogen) atoms. The molecule has 0 spiro atoms. The van der Waals surface area contributed by atoms with Crippen LogP contribution in [0, 0.1) is 35.5 Å². The molecule has 0 aliphatic carbocycles. The lowest BCUT2D eigenvalue weighted by Gasteiger charge is -2.44. The molecule has 0 saturated heterocycles. The summed E-state index contributed by atoms with van der Waals surface area (Å²) in [5.74, 6) is -1.89. The van der Waals surface area contributed by atoms with Crippen molar-refractivity contribution < 1.29 is 52.3 Å². The number of methoxy groups -OCH3 is 4. The summed E-state index contributed by atoms with van der Waals surface area (Å²) in [5.41, 5.74) is 0.917. The van der Waals surface area contributed by atoms with Crippen LogP contribution in [0.25, 0.3) is 0 Å². The number of hydrogen-bond acceptors (Lipinski definition) is 11. The summed E-state index contributed by atoms with van der Waals surface area (Å²) < 4.78 is 52.5. The lowest BCUT2D eigenvalue weighted by Crippen LogP contribution is -2.67. The van der Waals surface area contributed by atoms with Gasteiger partial charge in [0.1, 0.15) is 6.10 Å². The number of aliphatic hydroxyl groups excluding tert-OH is 2. The van der Waals surface area contributed by atoms with Crippen molar-refractivity contribution in [1.82, 2.24) is 0 Å². The third-order valence-electron chi connectivity index (χ3n) is 18.0. The number of rotatable bonds is 18. The molecule has 0 fully saturated rings. The number of carbonyl (C=O) groups excluding carboxylic acids is 1. The van der Waals surface area contributed by atoms with E-state index in [2.05, 4.69) is 147 Å². The molecule has 13 heteroatoms. The maximum atomic E-state index is 14.0. The molecule has 2 aromatic rings. The van der Waals surface area contributed by atoms with Crippen molar-refractivity contribution in [3.63, 3.8) is 0 Å². The van der Waals surface area contributed by atoms with Crippen LogP contribution in [0.15, 0.2) is 96.6 Å². The van der Waals surface area contributed by atoms with Crippen molar-refractivity contribution in [3.05, 3.63) is 96.6 Å². The van der Waals surface area contributed by atoms with Crippen molar-refractivity contribution in [1.29, 1.82) is 0 Å². The Labute approximate surface area is 469 Å². The van der Waals surface area contributed by atoms with Crippen molar-refractivity contribution in [2.24, 2.45) is 35.5 Å². The zero-order valence-corrected chi connectivity index (χ0v) is 53.1. The molecule has 0 radical (unpaired) electrons. The second-order valence-electron chi connectivity index (χ2n) is 25.6. The zero-order chi connectivity index (χ0) is 57.5. The number of allylic oxidation sites excluding steroid dienone is 2. The largest absolute Gasteiger partial charge is 0.459 e. The molecule has 0 aromatic heterocycles. The standard InChI is InChI=1S/C64H106O11Si2/c1-43-33-36-52(75-76(18,19)63(8,9)10)39-50-27-26-28-51(73-50)40-56(68-14)47(5)57(69-15)41-58(70-16)48(6)60(67)49(7)62(74-59(66)38-34-43)44(2)35-37-55(65)46(4)61(71-17)45(3)42-72-77(64(11,12)13,53-29-22-20-23-30-53)54-31-24-21-25-32-54/h20-27,29-34,38,44-52,55-58,60-62,65,67H,28,35-37,39-42H2,1-19H3/b38-34+,43-33+/t44-,45+,46-,47+,48-,49+,50-,51-,52-,55?,56-,57-,58+,60-,61+,62-/m0/s1. The summed E-state index contributed by atoms with van der Waals surface area (Å²) in [6.07, 6.45) is 10.5. The molecule has 2 heterocycles. The van der Waals surface area contributed by atoms with Crippen LogP contribution in [-0.2, 0) is 42.1 Å². The van der Waals surface area contributed by atoms with Gasteiger partial charge >= 0.3 is 5.97 Å². The smallest absolute Gasteiger partial charge is 0.331 e. The van der Waals surface area contributed by atoms with E-state index in [0.29, 0.717) is 45.1 Å². The molecule has 2 N–H and O–H groups in total. The fourth-order valence-corrected chi connectivity index (χ4v) is 18.0. The van der Waals surface area contributed by atoms with Gasteiger partial charge in [0, 0.05) is 90.0 Å². The summed E-state index contributed by atoms with van der Waals surface area (Å²) in [7, 11) is 1.90. The minimum Gasteiger partial charge on any atom is -0.459 e. The number of ether oxygens (including phenoxy) is 6. The second kappa shape index (κ2) is 30.3. The van der Waals surface area contributed by atoms with Gasteiger partial charge in [-0.05, 0) is 72.1 Å².